The number of nitrogens with one attached hydrogen (secondary N) is 2. The molecule has 0 aromatic carbocycles. The maximum atomic E-state index is 11.4. The van der Waals surface area contributed by atoms with Gasteiger partial charge in [-0.2, -0.15) is 0 Å². The van der Waals surface area contributed by atoms with E-state index in [0.717, 1.165) is 18.9 Å². The Bertz CT molecular complexity index is 217. The van der Waals surface area contributed by atoms with Gasteiger partial charge in [-0.05, 0) is 25.2 Å². The second kappa shape index (κ2) is 4.30. The summed E-state index contributed by atoms with van der Waals surface area (Å²) in [6.45, 7) is 3.10. The lowest BCUT2D eigenvalue weighted by molar-refractivity contribution is -0.121. The Kier molecular flexibility index (Phi) is 3.06. The van der Waals surface area contributed by atoms with E-state index in [4.69, 9.17) is 0 Å². The molecule has 0 spiro atoms. The summed E-state index contributed by atoms with van der Waals surface area (Å²) in [5.74, 6) is 0.996. The van der Waals surface area contributed by atoms with Crippen LogP contribution >= 0.6 is 0 Å². The first-order chi connectivity index (χ1) is 6.81. The summed E-state index contributed by atoms with van der Waals surface area (Å²) in [7, 11) is 0. The Hall–Kier alpha value is -0.570. The van der Waals surface area contributed by atoms with Crippen LogP contribution in [0.25, 0.3) is 0 Å². The molecule has 3 atom stereocenters. The van der Waals surface area contributed by atoms with E-state index >= 15 is 0 Å². The average molecular weight is 196 g/mol. The second-order valence-corrected chi connectivity index (χ2v) is 4.50. The molecule has 2 aliphatic rings. The van der Waals surface area contributed by atoms with Gasteiger partial charge in [0.15, 0.2) is 0 Å². The molecule has 80 valence electrons. The highest BCUT2D eigenvalue weighted by Gasteiger charge is 2.31. The van der Waals surface area contributed by atoms with E-state index in [9.17, 15) is 4.79 Å². The predicted octanol–water partition coefficient (Wildman–Crippen LogP) is 1.04. The van der Waals surface area contributed by atoms with Crippen LogP contribution in [0.4, 0.5) is 0 Å². The van der Waals surface area contributed by atoms with E-state index < -0.39 is 0 Å². The van der Waals surface area contributed by atoms with Crippen LogP contribution in [0, 0.1) is 5.92 Å². The third-order valence-corrected chi connectivity index (χ3v) is 3.65. The third-order valence-electron chi connectivity index (χ3n) is 3.65. The fourth-order valence-corrected chi connectivity index (χ4v) is 2.76. The zero-order valence-corrected chi connectivity index (χ0v) is 8.88. The number of hydrogen-bond acceptors (Lipinski definition) is 2. The van der Waals surface area contributed by atoms with Crippen molar-refractivity contribution in [2.45, 2.75) is 51.1 Å². The molecule has 2 rings (SSSR count). The molecule has 0 aromatic rings. The van der Waals surface area contributed by atoms with Gasteiger partial charge in [-0.15, -0.1) is 0 Å². The highest BCUT2D eigenvalue weighted by Crippen LogP contribution is 2.28. The standard InChI is InChI=1S/C11H20N2O/c1-2-8-4-3-5-9(8)13-10-6-7-12-11(10)14/h8-10,13H,2-7H2,1H3,(H,12,14). The molecular weight excluding hydrogens is 176 g/mol. The van der Waals surface area contributed by atoms with Crippen molar-refractivity contribution in [3.05, 3.63) is 0 Å². The van der Waals surface area contributed by atoms with Crippen molar-refractivity contribution in [2.24, 2.45) is 5.92 Å². The fourth-order valence-electron chi connectivity index (χ4n) is 2.76. The van der Waals surface area contributed by atoms with Crippen molar-refractivity contribution in [1.29, 1.82) is 0 Å². The van der Waals surface area contributed by atoms with Gasteiger partial charge in [-0.3, -0.25) is 4.79 Å². The van der Waals surface area contributed by atoms with Gasteiger partial charge in [0.05, 0.1) is 6.04 Å². The first-order valence-corrected chi connectivity index (χ1v) is 5.85. The van der Waals surface area contributed by atoms with Crippen LogP contribution in [0.3, 0.4) is 0 Å². The molecule has 3 nitrogen and oxygen atoms in total. The Morgan fingerprint density at radius 1 is 1.43 bits per heavy atom. The molecular formula is C11H20N2O. The molecule has 1 amide bonds. The topological polar surface area (TPSA) is 41.1 Å². The van der Waals surface area contributed by atoms with Gasteiger partial charge in [-0.25, -0.2) is 0 Å². The van der Waals surface area contributed by atoms with Crippen molar-refractivity contribution < 1.29 is 4.79 Å². The lowest BCUT2D eigenvalue weighted by Crippen LogP contribution is -2.44. The normalized spacial score (nSPS) is 37.5. The number of amides is 1. The molecule has 2 N–H and O–H groups in total. The smallest absolute Gasteiger partial charge is 0.237 e. The van der Waals surface area contributed by atoms with E-state index in [-0.39, 0.29) is 11.9 Å². The molecule has 0 bridgehead atoms. The van der Waals surface area contributed by atoms with Gasteiger partial charge in [0.1, 0.15) is 0 Å². The van der Waals surface area contributed by atoms with Gasteiger partial charge < -0.3 is 10.6 Å². The van der Waals surface area contributed by atoms with Crippen LogP contribution in [-0.4, -0.2) is 24.5 Å². The van der Waals surface area contributed by atoms with Crippen molar-refractivity contribution in [2.75, 3.05) is 6.54 Å². The summed E-state index contributed by atoms with van der Waals surface area (Å²) in [5, 5.41) is 6.39. The van der Waals surface area contributed by atoms with Gasteiger partial charge in [0, 0.05) is 12.6 Å². The Morgan fingerprint density at radius 3 is 2.93 bits per heavy atom. The minimum absolute atomic E-state index is 0.0900. The summed E-state index contributed by atoms with van der Waals surface area (Å²) < 4.78 is 0. The molecule has 1 saturated carbocycles. The maximum absolute atomic E-state index is 11.4. The molecule has 0 aromatic heterocycles. The molecule has 2 fully saturated rings. The van der Waals surface area contributed by atoms with Crippen molar-refractivity contribution in [1.82, 2.24) is 10.6 Å². The third kappa shape index (κ3) is 1.92. The molecule has 0 radical (unpaired) electrons. The summed E-state index contributed by atoms with van der Waals surface area (Å²) in [6, 6.07) is 0.681. The van der Waals surface area contributed by atoms with Crippen molar-refractivity contribution >= 4 is 5.91 Å². The number of carbonyl (C=O) groups excluding carboxylic acids is 1. The molecule has 1 aliphatic heterocycles. The Morgan fingerprint density at radius 2 is 2.29 bits per heavy atom. The highest BCUT2D eigenvalue weighted by molar-refractivity contribution is 5.83. The number of rotatable bonds is 3. The van der Waals surface area contributed by atoms with Crippen molar-refractivity contribution in [3.8, 4) is 0 Å². The van der Waals surface area contributed by atoms with Crippen LogP contribution in [0.2, 0.25) is 0 Å². The second-order valence-electron chi connectivity index (χ2n) is 4.50. The summed E-state index contributed by atoms with van der Waals surface area (Å²) in [4.78, 5) is 11.4. The van der Waals surface area contributed by atoms with Crippen LogP contribution < -0.4 is 10.6 Å². The van der Waals surface area contributed by atoms with Crippen LogP contribution in [0.5, 0.6) is 0 Å². The lowest BCUT2D eigenvalue weighted by Gasteiger charge is -2.22. The van der Waals surface area contributed by atoms with Crippen LogP contribution in [0.1, 0.15) is 39.0 Å². The zero-order chi connectivity index (χ0) is 9.97. The minimum Gasteiger partial charge on any atom is -0.355 e. The summed E-state index contributed by atoms with van der Waals surface area (Å²) >= 11 is 0. The monoisotopic (exact) mass is 196 g/mol. The van der Waals surface area contributed by atoms with Crippen LogP contribution in [0.15, 0.2) is 0 Å². The molecule has 1 aliphatic carbocycles. The lowest BCUT2D eigenvalue weighted by atomic mass is 9.99. The predicted molar refractivity (Wildman–Crippen MR) is 56.0 cm³/mol. The fraction of sp³-hybridized carbons (Fsp3) is 0.909. The molecule has 1 saturated heterocycles. The summed E-state index contributed by atoms with van der Waals surface area (Å²) in [5.41, 5.74) is 0. The van der Waals surface area contributed by atoms with Crippen molar-refractivity contribution in [3.63, 3.8) is 0 Å². The SMILES string of the molecule is CCC1CCCC1NC1CCNC1=O. The molecule has 3 heteroatoms. The Labute approximate surface area is 85.6 Å². The molecule has 1 heterocycles. The zero-order valence-electron chi connectivity index (χ0n) is 8.88. The number of carbonyl (C=O) groups is 1. The minimum atomic E-state index is 0.0900. The molecule has 14 heavy (non-hydrogen) atoms. The average Bonchev–Trinajstić information content (AvgIpc) is 2.77. The van der Waals surface area contributed by atoms with E-state index in [1.807, 2.05) is 0 Å². The number of hydrogen-bond donors (Lipinski definition) is 2. The van der Waals surface area contributed by atoms with E-state index in [2.05, 4.69) is 17.6 Å². The quantitative estimate of drug-likeness (QED) is 0.708. The van der Waals surface area contributed by atoms with Gasteiger partial charge in [-0.1, -0.05) is 19.8 Å². The summed E-state index contributed by atoms with van der Waals surface area (Å²) in [6.07, 6.45) is 6.12. The van der Waals surface area contributed by atoms with Gasteiger partial charge >= 0.3 is 0 Å². The largest absolute Gasteiger partial charge is 0.355 e. The van der Waals surface area contributed by atoms with E-state index in [0.29, 0.717) is 6.04 Å². The maximum Gasteiger partial charge on any atom is 0.237 e. The van der Waals surface area contributed by atoms with Gasteiger partial charge in [0.25, 0.3) is 0 Å². The van der Waals surface area contributed by atoms with E-state index in [1.165, 1.54) is 25.7 Å². The molecule has 3 unspecified atom stereocenters. The first-order valence-electron chi connectivity index (χ1n) is 5.85. The van der Waals surface area contributed by atoms with Crippen LogP contribution in [-0.2, 0) is 4.79 Å². The highest BCUT2D eigenvalue weighted by atomic mass is 16.2. The van der Waals surface area contributed by atoms with E-state index in [1.54, 1.807) is 0 Å². The van der Waals surface area contributed by atoms with Gasteiger partial charge in [0.2, 0.25) is 5.91 Å². The first kappa shape index (κ1) is 9.97. The Balaban J connectivity index is 1.86.